The van der Waals surface area contributed by atoms with Gasteiger partial charge in [-0.25, -0.2) is 9.48 Å². The molecule has 0 aliphatic carbocycles. The van der Waals surface area contributed by atoms with Crippen molar-refractivity contribution in [3.63, 3.8) is 0 Å². The van der Waals surface area contributed by atoms with Gasteiger partial charge in [-0.15, -0.1) is 0 Å². The molecule has 0 unspecified atom stereocenters. The van der Waals surface area contributed by atoms with E-state index in [1.165, 1.54) is 19.5 Å². The highest BCUT2D eigenvalue weighted by atomic mass is 16.5. The Kier molecular flexibility index (Phi) is 2.47. The summed E-state index contributed by atoms with van der Waals surface area (Å²) >= 11 is 0. The predicted octanol–water partition coefficient (Wildman–Crippen LogP) is 0.531. The lowest BCUT2D eigenvalue weighted by molar-refractivity contribution is 0.0599. The number of aryl methyl sites for hydroxylation is 1. The molecule has 0 aromatic carbocycles. The lowest BCUT2D eigenvalue weighted by Crippen LogP contribution is -2.16. The first-order valence-electron chi connectivity index (χ1n) is 4.84. The molecule has 0 bridgehead atoms. The van der Waals surface area contributed by atoms with Crippen LogP contribution in [0.4, 0.5) is 0 Å². The Labute approximate surface area is 90.8 Å². The summed E-state index contributed by atoms with van der Waals surface area (Å²) in [7, 11) is 1.24. The highest BCUT2D eigenvalue weighted by Crippen LogP contribution is 2.07. The number of hydrogen-bond donors (Lipinski definition) is 1. The first-order chi connectivity index (χ1) is 7.69. The average Bonchev–Trinajstić information content (AvgIpc) is 2.72. The molecule has 0 aliphatic rings. The van der Waals surface area contributed by atoms with E-state index in [9.17, 15) is 9.59 Å². The molecule has 16 heavy (non-hydrogen) atoms. The summed E-state index contributed by atoms with van der Waals surface area (Å²) in [6, 6.07) is 0. The first kappa shape index (κ1) is 10.4. The molecule has 0 atom stereocenters. The standard InChI is InChI=1S/C10H11N3O3/c1-3-13-9-6(5-12-13)8(14)7(4-11-9)10(15)16-2/h4-5H,3H2,1-2H3,(H,11,14). The number of nitrogens with one attached hydrogen (secondary N) is 1. The number of pyridine rings is 1. The van der Waals surface area contributed by atoms with E-state index in [-0.39, 0.29) is 11.0 Å². The van der Waals surface area contributed by atoms with Crippen LogP contribution in [0.1, 0.15) is 17.3 Å². The Morgan fingerprint density at radius 2 is 2.38 bits per heavy atom. The zero-order valence-corrected chi connectivity index (χ0v) is 8.98. The largest absolute Gasteiger partial charge is 0.465 e. The maximum absolute atomic E-state index is 11.9. The van der Waals surface area contributed by atoms with Crippen LogP contribution in [0.2, 0.25) is 0 Å². The van der Waals surface area contributed by atoms with Crippen molar-refractivity contribution in [3.8, 4) is 0 Å². The van der Waals surface area contributed by atoms with Crippen molar-refractivity contribution in [1.82, 2.24) is 14.8 Å². The molecule has 0 amide bonds. The number of hydrogen-bond acceptors (Lipinski definition) is 4. The van der Waals surface area contributed by atoms with Crippen LogP contribution >= 0.6 is 0 Å². The minimum absolute atomic E-state index is 0.00865. The second-order valence-electron chi connectivity index (χ2n) is 3.25. The van der Waals surface area contributed by atoms with Gasteiger partial charge in [0.15, 0.2) is 0 Å². The van der Waals surface area contributed by atoms with Crippen LogP contribution in [0.3, 0.4) is 0 Å². The maximum atomic E-state index is 11.9. The molecule has 2 heterocycles. The predicted molar refractivity (Wildman–Crippen MR) is 57.4 cm³/mol. The van der Waals surface area contributed by atoms with E-state index in [2.05, 4.69) is 14.8 Å². The molecular weight excluding hydrogens is 210 g/mol. The monoisotopic (exact) mass is 221 g/mol. The van der Waals surface area contributed by atoms with Gasteiger partial charge in [0.1, 0.15) is 11.2 Å². The molecule has 6 nitrogen and oxygen atoms in total. The lowest BCUT2D eigenvalue weighted by Gasteiger charge is -2.00. The van der Waals surface area contributed by atoms with Gasteiger partial charge in [0, 0.05) is 12.7 Å². The molecule has 1 N–H and O–H groups in total. The van der Waals surface area contributed by atoms with Crippen molar-refractivity contribution < 1.29 is 9.53 Å². The molecule has 0 saturated carbocycles. The number of aromatic amines is 1. The van der Waals surface area contributed by atoms with Crippen LogP contribution in [0.15, 0.2) is 17.2 Å². The van der Waals surface area contributed by atoms with Crippen molar-refractivity contribution in [2.75, 3.05) is 7.11 Å². The number of carbonyl (C=O) groups is 1. The van der Waals surface area contributed by atoms with Crippen molar-refractivity contribution >= 4 is 17.0 Å². The van der Waals surface area contributed by atoms with Gasteiger partial charge < -0.3 is 9.72 Å². The normalized spacial score (nSPS) is 10.6. The van der Waals surface area contributed by atoms with Crippen LogP contribution < -0.4 is 5.43 Å². The molecule has 0 saturated heterocycles. The Balaban J connectivity index is 2.71. The Hall–Kier alpha value is -2.11. The van der Waals surface area contributed by atoms with Crippen LogP contribution in [0.25, 0.3) is 11.0 Å². The summed E-state index contributed by atoms with van der Waals surface area (Å²) in [5.41, 5.74) is 0.242. The van der Waals surface area contributed by atoms with E-state index in [0.717, 1.165) is 0 Å². The van der Waals surface area contributed by atoms with E-state index in [1.54, 1.807) is 4.68 Å². The summed E-state index contributed by atoms with van der Waals surface area (Å²) in [6.45, 7) is 2.57. The Morgan fingerprint density at radius 1 is 1.62 bits per heavy atom. The van der Waals surface area contributed by atoms with Crippen LogP contribution in [-0.4, -0.2) is 27.8 Å². The van der Waals surface area contributed by atoms with Gasteiger partial charge in [-0.1, -0.05) is 0 Å². The Morgan fingerprint density at radius 3 is 3.00 bits per heavy atom. The van der Waals surface area contributed by atoms with E-state index in [1.807, 2.05) is 6.92 Å². The second kappa shape index (κ2) is 3.80. The number of nitrogens with zero attached hydrogens (tertiary/aromatic N) is 2. The lowest BCUT2D eigenvalue weighted by atomic mass is 10.2. The molecule has 6 heteroatoms. The summed E-state index contributed by atoms with van der Waals surface area (Å²) in [5.74, 6) is -0.646. The summed E-state index contributed by atoms with van der Waals surface area (Å²) < 4.78 is 6.16. The first-order valence-corrected chi connectivity index (χ1v) is 4.84. The van der Waals surface area contributed by atoms with Gasteiger partial charge in [-0.05, 0) is 6.92 Å². The highest BCUT2D eigenvalue weighted by Gasteiger charge is 2.15. The van der Waals surface area contributed by atoms with Gasteiger partial charge in [-0.2, -0.15) is 5.10 Å². The highest BCUT2D eigenvalue weighted by molar-refractivity contribution is 5.92. The number of methoxy groups -OCH3 is 1. The van der Waals surface area contributed by atoms with Gasteiger partial charge in [0.05, 0.1) is 18.7 Å². The van der Waals surface area contributed by atoms with E-state index in [4.69, 9.17) is 0 Å². The van der Waals surface area contributed by atoms with E-state index < -0.39 is 5.97 Å². The number of rotatable bonds is 2. The maximum Gasteiger partial charge on any atom is 0.343 e. The number of carbonyl (C=O) groups excluding carboxylic acids is 1. The van der Waals surface area contributed by atoms with Gasteiger partial charge in [-0.3, -0.25) is 4.79 Å². The zero-order chi connectivity index (χ0) is 11.7. The van der Waals surface area contributed by atoms with Crippen LogP contribution in [0.5, 0.6) is 0 Å². The molecule has 84 valence electrons. The topological polar surface area (TPSA) is 77.0 Å². The molecule has 0 fully saturated rings. The molecule has 0 spiro atoms. The molecule has 2 rings (SSSR count). The van der Waals surface area contributed by atoms with Crippen LogP contribution in [0, 0.1) is 0 Å². The number of ether oxygens (including phenoxy) is 1. The molecular formula is C10H11N3O3. The SMILES string of the molecule is CCn1ncc2c(=O)c(C(=O)OC)c[nH]c21. The van der Waals surface area contributed by atoms with E-state index >= 15 is 0 Å². The number of aromatic nitrogens is 3. The fraction of sp³-hybridized carbons (Fsp3) is 0.300. The number of fused-ring (bicyclic) bond motifs is 1. The van der Waals surface area contributed by atoms with Gasteiger partial charge in [0.25, 0.3) is 0 Å². The average molecular weight is 221 g/mol. The fourth-order valence-electron chi connectivity index (χ4n) is 1.56. The molecule has 0 aliphatic heterocycles. The third kappa shape index (κ3) is 1.39. The quantitative estimate of drug-likeness (QED) is 0.750. The summed E-state index contributed by atoms with van der Waals surface area (Å²) in [6.07, 6.45) is 2.80. The van der Waals surface area contributed by atoms with Crippen molar-refractivity contribution in [1.29, 1.82) is 0 Å². The zero-order valence-electron chi connectivity index (χ0n) is 8.98. The van der Waals surface area contributed by atoms with Crippen molar-refractivity contribution in [2.45, 2.75) is 13.5 Å². The van der Waals surface area contributed by atoms with Gasteiger partial charge >= 0.3 is 5.97 Å². The minimum Gasteiger partial charge on any atom is -0.465 e. The molecule has 2 aromatic rings. The summed E-state index contributed by atoms with van der Waals surface area (Å²) in [4.78, 5) is 26.0. The smallest absolute Gasteiger partial charge is 0.343 e. The van der Waals surface area contributed by atoms with E-state index in [0.29, 0.717) is 17.6 Å². The van der Waals surface area contributed by atoms with Crippen molar-refractivity contribution in [2.24, 2.45) is 0 Å². The fourth-order valence-corrected chi connectivity index (χ4v) is 1.56. The van der Waals surface area contributed by atoms with Crippen molar-refractivity contribution in [3.05, 3.63) is 28.2 Å². The van der Waals surface area contributed by atoms with Gasteiger partial charge in [0.2, 0.25) is 5.43 Å². The number of esters is 1. The Bertz CT molecular complexity index is 597. The second-order valence-corrected chi connectivity index (χ2v) is 3.25. The molecule has 2 aromatic heterocycles. The van der Waals surface area contributed by atoms with Crippen LogP contribution in [-0.2, 0) is 11.3 Å². The third-order valence-electron chi connectivity index (χ3n) is 2.39. The third-order valence-corrected chi connectivity index (χ3v) is 2.39. The summed E-state index contributed by atoms with van der Waals surface area (Å²) in [5, 5.41) is 4.43. The minimum atomic E-state index is -0.646. The number of H-pyrrole nitrogens is 1. The molecule has 0 radical (unpaired) electrons.